The number of nitrogens with zero attached hydrogens (tertiary/aromatic N) is 1. The summed E-state index contributed by atoms with van der Waals surface area (Å²) in [6, 6.07) is 24.4. The number of hydrogen-bond acceptors (Lipinski definition) is 9. The molecule has 1 fully saturated rings. The molecule has 1 aliphatic rings. The molecule has 1 aliphatic heterocycles. The van der Waals surface area contributed by atoms with Crippen LogP contribution in [0.5, 0.6) is 11.5 Å². The Labute approximate surface area is 270 Å². The van der Waals surface area contributed by atoms with Crippen molar-refractivity contribution in [3.63, 3.8) is 0 Å². The van der Waals surface area contributed by atoms with Crippen LogP contribution in [-0.4, -0.2) is 59.9 Å². The Kier molecular flexibility index (Phi) is 11.7. The molecule has 246 valence electrons. The lowest BCUT2D eigenvalue weighted by Gasteiger charge is -2.30. The van der Waals surface area contributed by atoms with Crippen LogP contribution in [0.4, 0.5) is 4.79 Å². The lowest BCUT2D eigenvalue weighted by Crippen LogP contribution is -2.57. The Bertz CT molecular complexity index is 1460. The molecule has 0 aromatic heterocycles. The molecular formula is C36H44N2O8. The molecule has 0 radical (unpaired) electrons. The number of hydrogen-bond donors (Lipinski definition) is 1. The number of amides is 1. The summed E-state index contributed by atoms with van der Waals surface area (Å²) in [6.45, 7) is 9.82. The fourth-order valence-electron chi connectivity index (χ4n) is 5.26. The molecule has 3 aromatic rings. The van der Waals surface area contributed by atoms with Gasteiger partial charge in [-0.25, -0.2) is 9.59 Å². The summed E-state index contributed by atoms with van der Waals surface area (Å²) in [5, 5.41) is 2.74. The molecule has 4 rings (SSSR count). The van der Waals surface area contributed by atoms with Crippen molar-refractivity contribution in [1.29, 1.82) is 0 Å². The van der Waals surface area contributed by atoms with Crippen molar-refractivity contribution in [2.24, 2.45) is 0 Å². The topological polar surface area (TPSA) is 113 Å². The molecule has 10 nitrogen and oxygen atoms in total. The van der Waals surface area contributed by atoms with Crippen molar-refractivity contribution in [3.05, 3.63) is 95.6 Å². The number of likely N-dealkylation sites (tertiary alicyclic amines) is 1. The van der Waals surface area contributed by atoms with E-state index in [0.717, 1.165) is 16.7 Å². The second-order valence-corrected chi connectivity index (χ2v) is 12.1. The third-order valence-corrected chi connectivity index (χ3v) is 7.29. The maximum Gasteiger partial charge on any atom is 0.408 e. The van der Waals surface area contributed by atoms with Crippen molar-refractivity contribution in [2.75, 3.05) is 19.8 Å². The fraction of sp³-hybridized carbons (Fsp3) is 0.417. The van der Waals surface area contributed by atoms with Gasteiger partial charge in [0.1, 0.15) is 24.9 Å². The number of ether oxygens (including phenoxy) is 5. The zero-order valence-electron chi connectivity index (χ0n) is 27.2. The molecule has 2 unspecified atom stereocenters. The number of esters is 2. The highest BCUT2D eigenvalue weighted by Gasteiger charge is 2.54. The first-order valence-electron chi connectivity index (χ1n) is 15.6. The van der Waals surface area contributed by atoms with Gasteiger partial charge in [0.05, 0.1) is 13.2 Å². The van der Waals surface area contributed by atoms with E-state index in [1.54, 1.807) is 34.6 Å². The van der Waals surface area contributed by atoms with Crippen LogP contribution in [0.3, 0.4) is 0 Å². The summed E-state index contributed by atoms with van der Waals surface area (Å²) in [5.41, 5.74) is 0.501. The van der Waals surface area contributed by atoms with Crippen molar-refractivity contribution in [2.45, 2.75) is 78.0 Å². The maximum absolute atomic E-state index is 13.4. The van der Waals surface area contributed by atoms with Gasteiger partial charge in [-0.1, -0.05) is 66.7 Å². The number of alkyl carbamates (subject to hydrolysis) is 1. The van der Waals surface area contributed by atoms with E-state index in [9.17, 15) is 14.4 Å². The van der Waals surface area contributed by atoms with Gasteiger partial charge in [0.15, 0.2) is 17.0 Å². The third-order valence-electron chi connectivity index (χ3n) is 7.29. The lowest BCUT2D eigenvalue weighted by molar-refractivity contribution is -0.150. The lowest BCUT2D eigenvalue weighted by atomic mass is 9.96. The Hall–Kier alpha value is -4.57. The molecule has 0 bridgehead atoms. The summed E-state index contributed by atoms with van der Waals surface area (Å²) in [4.78, 5) is 41.4. The van der Waals surface area contributed by atoms with Gasteiger partial charge < -0.3 is 29.0 Å². The van der Waals surface area contributed by atoms with Gasteiger partial charge in [0, 0.05) is 19.5 Å². The Morgan fingerprint density at radius 2 is 1.39 bits per heavy atom. The first kappa shape index (κ1) is 34.3. The second kappa shape index (κ2) is 15.6. The molecule has 3 aromatic carbocycles. The summed E-state index contributed by atoms with van der Waals surface area (Å²) in [6.07, 6.45) is -0.818. The predicted octanol–water partition coefficient (Wildman–Crippen LogP) is 5.81. The standard InChI is InChI=1S/C36H44N2O8/c1-6-42-32(39)29-21-36(33(40)43-7-2,37-34(41)46-35(3,4)5)25-38(29)22-28-18-19-30(44-23-26-14-10-8-11-15-26)31(20-28)45-24-27-16-12-9-13-17-27/h8-20,29H,6-7,21-25H2,1-5H3,(H,37,41). The van der Waals surface area contributed by atoms with E-state index in [-0.39, 0.29) is 32.7 Å². The van der Waals surface area contributed by atoms with E-state index in [4.69, 9.17) is 23.7 Å². The first-order chi connectivity index (χ1) is 22.0. The molecule has 46 heavy (non-hydrogen) atoms. The second-order valence-electron chi connectivity index (χ2n) is 12.1. The molecule has 10 heteroatoms. The zero-order chi connectivity index (χ0) is 33.2. The molecule has 2 atom stereocenters. The minimum Gasteiger partial charge on any atom is -0.485 e. The highest BCUT2D eigenvalue weighted by Crippen LogP contribution is 2.35. The van der Waals surface area contributed by atoms with Crippen LogP contribution < -0.4 is 14.8 Å². The Balaban J connectivity index is 1.62. The largest absolute Gasteiger partial charge is 0.485 e. The quantitative estimate of drug-likeness (QED) is 0.184. The van der Waals surface area contributed by atoms with Crippen molar-refractivity contribution < 1.29 is 38.1 Å². The number of carbonyl (C=O) groups excluding carboxylic acids is 3. The van der Waals surface area contributed by atoms with Gasteiger partial charge in [-0.2, -0.15) is 0 Å². The average Bonchev–Trinajstić information content (AvgIpc) is 3.38. The Morgan fingerprint density at radius 3 is 1.96 bits per heavy atom. The van der Waals surface area contributed by atoms with Crippen molar-refractivity contribution in [1.82, 2.24) is 10.2 Å². The van der Waals surface area contributed by atoms with E-state index in [1.165, 1.54) is 0 Å². The van der Waals surface area contributed by atoms with Crippen molar-refractivity contribution >= 4 is 18.0 Å². The van der Waals surface area contributed by atoms with Crippen LogP contribution >= 0.6 is 0 Å². The van der Waals surface area contributed by atoms with E-state index in [1.807, 2.05) is 83.8 Å². The minimum atomic E-state index is -1.53. The molecule has 1 heterocycles. The zero-order valence-corrected chi connectivity index (χ0v) is 27.2. The SMILES string of the molecule is CCOC(=O)C1CC(NC(=O)OC(C)(C)C)(C(=O)OCC)CN1Cc1ccc(OCc2ccccc2)c(OCc2ccccc2)c1. The summed E-state index contributed by atoms with van der Waals surface area (Å²) >= 11 is 0. The number of carbonyl (C=O) groups is 3. The van der Waals surface area contributed by atoms with Crippen LogP contribution in [0.1, 0.15) is 57.7 Å². The summed E-state index contributed by atoms with van der Waals surface area (Å²) in [5.74, 6) is -0.0377. The van der Waals surface area contributed by atoms with Gasteiger partial charge in [0.2, 0.25) is 0 Å². The number of benzene rings is 3. The van der Waals surface area contributed by atoms with Crippen LogP contribution in [0.15, 0.2) is 78.9 Å². The monoisotopic (exact) mass is 632 g/mol. The molecule has 0 spiro atoms. The predicted molar refractivity (Wildman–Crippen MR) is 172 cm³/mol. The molecule has 1 saturated heterocycles. The fourth-order valence-corrected chi connectivity index (χ4v) is 5.26. The van der Waals surface area contributed by atoms with E-state index in [2.05, 4.69) is 5.32 Å². The van der Waals surface area contributed by atoms with Crippen molar-refractivity contribution in [3.8, 4) is 11.5 Å². The normalized spacial score (nSPS) is 18.0. The number of rotatable bonds is 13. The van der Waals surface area contributed by atoms with Crippen LogP contribution in [0.2, 0.25) is 0 Å². The van der Waals surface area contributed by atoms with E-state index >= 15 is 0 Å². The summed E-state index contributed by atoms with van der Waals surface area (Å²) in [7, 11) is 0. The molecule has 1 amide bonds. The molecule has 0 saturated carbocycles. The number of nitrogens with one attached hydrogen (secondary N) is 1. The van der Waals surface area contributed by atoms with Gasteiger partial charge in [-0.3, -0.25) is 9.69 Å². The van der Waals surface area contributed by atoms with Gasteiger partial charge in [-0.05, 0) is 63.4 Å². The average molecular weight is 633 g/mol. The smallest absolute Gasteiger partial charge is 0.408 e. The third kappa shape index (κ3) is 9.47. The van der Waals surface area contributed by atoms with Crippen LogP contribution in [0.25, 0.3) is 0 Å². The van der Waals surface area contributed by atoms with Crippen LogP contribution in [0, 0.1) is 0 Å². The minimum absolute atomic E-state index is 0.00101. The maximum atomic E-state index is 13.4. The molecule has 1 N–H and O–H groups in total. The summed E-state index contributed by atoms with van der Waals surface area (Å²) < 4.78 is 28.7. The Morgan fingerprint density at radius 1 is 0.804 bits per heavy atom. The van der Waals surface area contributed by atoms with Gasteiger partial charge in [0.25, 0.3) is 0 Å². The van der Waals surface area contributed by atoms with E-state index in [0.29, 0.717) is 24.7 Å². The highest BCUT2D eigenvalue weighted by molar-refractivity contribution is 5.89. The molecule has 0 aliphatic carbocycles. The van der Waals surface area contributed by atoms with Gasteiger partial charge in [-0.15, -0.1) is 0 Å². The highest BCUT2D eigenvalue weighted by atomic mass is 16.6. The van der Waals surface area contributed by atoms with Crippen LogP contribution in [-0.2, 0) is 43.6 Å². The van der Waals surface area contributed by atoms with E-state index < -0.39 is 35.2 Å². The molecular weight excluding hydrogens is 588 g/mol. The first-order valence-corrected chi connectivity index (χ1v) is 15.6. The van der Waals surface area contributed by atoms with Gasteiger partial charge >= 0.3 is 18.0 Å².